The van der Waals surface area contributed by atoms with Crippen molar-refractivity contribution in [1.29, 1.82) is 0 Å². The second kappa shape index (κ2) is 4.22. The average Bonchev–Trinajstić information content (AvgIpc) is 2.78. The van der Waals surface area contributed by atoms with E-state index in [1.807, 2.05) is 24.3 Å². The molecular weight excluding hydrogens is 226 g/mol. The Morgan fingerprint density at radius 3 is 2.94 bits per heavy atom. The fourth-order valence-electron chi connectivity index (χ4n) is 2.35. The summed E-state index contributed by atoms with van der Waals surface area (Å²) < 4.78 is 0. The Bertz CT molecular complexity index is 622. The Morgan fingerprint density at radius 2 is 2.11 bits per heavy atom. The summed E-state index contributed by atoms with van der Waals surface area (Å²) in [4.78, 5) is 20.1. The lowest BCUT2D eigenvalue weighted by atomic mass is 10.0. The Kier molecular flexibility index (Phi) is 2.55. The second-order valence-corrected chi connectivity index (χ2v) is 4.35. The van der Waals surface area contributed by atoms with Crippen LogP contribution in [0.1, 0.15) is 11.1 Å². The van der Waals surface area contributed by atoms with Crippen LogP contribution in [0.3, 0.4) is 0 Å². The van der Waals surface area contributed by atoms with Crippen LogP contribution in [0.25, 0.3) is 11.3 Å². The molecule has 4 heteroatoms. The minimum absolute atomic E-state index is 0.278. The Balaban J connectivity index is 2.13. The summed E-state index contributed by atoms with van der Waals surface area (Å²) in [5.41, 5.74) is 4.14. The van der Waals surface area contributed by atoms with Crippen LogP contribution in [0.5, 0.6) is 0 Å². The van der Waals surface area contributed by atoms with Gasteiger partial charge >= 0.3 is 0 Å². The lowest BCUT2D eigenvalue weighted by molar-refractivity contribution is -0.117. The molecular formula is C14H13N3O. The molecule has 0 bridgehead atoms. The molecule has 18 heavy (non-hydrogen) atoms. The second-order valence-electron chi connectivity index (χ2n) is 4.35. The molecule has 4 nitrogen and oxygen atoms in total. The number of benzene rings is 1. The van der Waals surface area contributed by atoms with E-state index >= 15 is 0 Å². The quantitative estimate of drug-likeness (QED) is 0.869. The standard InChI is InChI=1S/C14H13N3O/c1-15-14-16-6-5-13(17-14)11-4-2-3-9-7-10(18)8-12(9)11/h2-6H,7-8H2,1H3,(H,15,16,17). The van der Waals surface area contributed by atoms with E-state index < -0.39 is 0 Å². The van der Waals surface area contributed by atoms with E-state index in [0.29, 0.717) is 18.8 Å². The van der Waals surface area contributed by atoms with Crippen molar-refractivity contribution in [3.8, 4) is 11.3 Å². The van der Waals surface area contributed by atoms with Gasteiger partial charge in [0.15, 0.2) is 0 Å². The molecule has 0 fully saturated rings. The first-order valence-electron chi connectivity index (χ1n) is 5.91. The van der Waals surface area contributed by atoms with Crippen molar-refractivity contribution in [1.82, 2.24) is 9.97 Å². The zero-order chi connectivity index (χ0) is 12.5. The van der Waals surface area contributed by atoms with Gasteiger partial charge in [-0.15, -0.1) is 0 Å². The van der Waals surface area contributed by atoms with Gasteiger partial charge in [0.2, 0.25) is 5.95 Å². The maximum Gasteiger partial charge on any atom is 0.222 e. The topological polar surface area (TPSA) is 54.9 Å². The number of carbonyl (C=O) groups excluding carboxylic acids is 1. The van der Waals surface area contributed by atoms with E-state index in [4.69, 9.17) is 0 Å². The molecule has 0 radical (unpaired) electrons. The molecule has 3 rings (SSSR count). The van der Waals surface area contributed by atoms with E-state index in [9.17, 15) is 4.79 Å². The summed E-state index contributed by atoms with van der Waals surface area (Å²) in [7, 11) is 1.79. The van der Waals surface area contributed by atoms with Gasteiger partial charge in [-0.1, -0.05) is 18.2 Å². The Morgan fingerprint density at radius 1 is 1.22 bits per heavy atom. The number of anilines is 1. The van der Waals surface area contributed by atoms with Gasteiger partial charge in [-0.25, -0.2) is 9.97 Å². The van der Waals surface area contributed by atoms with E-state index in [-0.39, 0.29) is 5.78 Å². The summed E-state index contributed by atoms with van der Waals surface area (Å²) >= 11 is 0. The number of aromatic nitrogens is 2. The van der Waals surface area contributed by atoms with Crippen molar-refractivity contribution >= 4 is 11.7 Å². The molecule has 0 saturated carbocycles. The van der Waals surface area contributed by atoms with Crippen molar-refractivity contribution in [2.45, 2.75) is 12.8 Å². The monoisotopic (exact) mass is 239 g/mol. The maximum atomic E-state index is 11.6. The van der Waals surface area contributed by atoms with Crippen LogP contribution >= 0.6 is 0 Å². The summed E-state index contributed by atoms with van der Waals surface area (Å²) in [5.74, 6) is 0.870. The highest BCUT2D eigenvalue weighted by Gasteiger charge is 2.21. The van der Waals surface area contributed by atoms with E-state index in [1.165, 1.54) is 0 Å². The molecule has 1 aromatic heterocycles. The van der Waals surface area contributed by atoms with Crippen molar-refractivity contribution < 1.29 is 4.79 Å². The number of nitrogens with one attached hydrogen (secondary N) is 1. The van der Waals surface area contributed by atoms with Gasteiger partial charge < -0.3 is 5.32 Å². The molecule has 90 valence electrons. The third kappa shape index (κ3) is 1.76. The molecule has 1 aliphatic rings. The van der Waals surface area contributed by atoms with Crippen LogP contribution in [0, 0.1) is 0 Å². The molecule has 0 saturated heterocycles. The fourth-order valence-corrected chi connectivity index (χ4v) is 2.35. The third-order valence-corrected chi connectivity index (χ3v) is 3.19. The summed E-state index contributed by atoms with van der Waals surface area (Å²) in [6.07, 6.45) is 2.79. The Labute approximate surface area is 105 Å². The smallest absolute Gasteiger partial charge is 0.222 e. The van der Waals surface area contributed by atoms with Crippen LogP contribution < -0.4 is 5.32 Å². The molecule has 0 unspecified atom stereocenters. The molecule has 1 N–H and O–H groups in total. The summed E-state index contributed by atoms with van der Waals surface area (Å²) in [6.45, 7) is 0. The highest BCUT2D eigenvalue weighted by atomic mass is 16.1. The van der Waals surface area contributed by atoms with Crippen LogP contribution in [0.15, 0.2) is 30.5 Å². The van der Waals surface area contributed by atoms with Crippen molar-refractivity contribution in [3.63, 3.8) is 0 Å². The van der Waals surface area contributed by atoms with Crippen LogP contribution in [-0.2, 0) is 17.6 Å². The number of Topliss-reactive ketones (excluding diaryl/α,β-unsaturated/α-hetero) is 1. The molecule has 0 aliphatic heterocycles. The van der Waals surface area contributed by atoms with Crippen molar-refractivity contribution in [2.75, 3.05) is 12.4 Å². The van der Waals surface area contributed by atoms with E-state index in [2.05, 4.69) is 15.3 Å². The molecule has 1 aliphatic carbocycles. The third-order valence-electron chi connectivity index (χ3n) is 3.19. The molecule has 1 heterocycles. The van der Waals surface area contributed by atoms with Crippen LogP contribution in [0.4, 0.5) is 5.95 Å². The van der Waals surface area contributed by atoms with E-state index in [0.717, 1.165) is 22.4 Å². The zero-order valence-electron chi connectivity index (χ0n) is 10.1. The minimum atomic E-state index is 0.278. The zero-order valence-corrected chi connectivity index (χ0v) is 10.1. The molecule has 0 spiro atoms. The first kappa shape index (κ1) is 10.9. The molecule has 0 amide bonds. The number of hydrogen-bond acceptors (Lipinski definition) is 4. The van der Waals surface area contributed by atoms with E-state index in [1.54, 1.807) is 13.2 Å². The largest absolute Gasteiger partial charge is 0.357 e. The number of rotatable bonds is 2. The maximum absolute atomic E-state index is 11.6. The summed E-state index contributed by atoms with van der Waals surface area (Å²) in [6, 6.07) is 7.89. The number of nitrogens with zero attached hydrogens (tertiary/aromatic N) is 2. The highest BCUT2D eigenvalue weighted by molar-refractivity contribution is 5.91. The number of carbonyl (C=O) groups is 1. The van der Waals surface area contributed by atoms with Gasteiger partial charge in [-0.05, 0) is 17.2 Å². The molecule has 1 aromatic carbocycles. The lowest BCUT2D eigenvalue weighted by Gasteiger charge is -2.08. The number of ketones is 1. The predicted molar refractivity (Wildman–Crippen MR) is 69.4 cm³/mol. The predicted octanol–water partition coefficient (Wildman–Crippen LogP) is 1.85. The van der Waals surface area contributed by atoms with Crippen molar-refractivity contribution in [3.05, 3.63) is 41.6 Å². The fraction of sp³-hybridized carbons (Fsp3) is 0.214. The van der Waals surface area contributed by atoms with Gasteiger partial charge in [0.1, 0.15) is 5.78 Å². The normalized spacial score (nSPS) is 13.5. The number of fused-ring (bicyclic) bond motifs is 1. The lowest BCUT2D eigenvalue weighted by Crippen LogP contribution is -1.98. The molecule has 2 aromatic rings. The van der Waals surface area contributed by atoms with Gasteiger partial charge in [0.05, 0.1) is 5.69 Å². The van der Waals surface area contributed by atoms with Crippen LogP contribution in [0.2, 0.25) is 0 Å². The number of hydrogen-bond donors (Lipinski definition) is 1. The first-order valence-corrected chi connectivity index (χ1v) is 5.91. The first-order chi connectivity index (χ1) is 8.78. The van der Waals surface area contributed by atoms with Gasteiger partial charge in [0.25, 0.3) is 0 Å². The van der Waals surface area contributed by atoms with Gasteiger partial charge in [0, 0.05) is 31.6 Å². The average molecular weight is 239 g/mol. The van der Waals surface area contributed by atoms with Crippen molar-refractivity contribution in [2.24, 2.45) is 0 Å². The Hall–Kier alpha value is -2.23. The molecule has 0 atom stereocenters. The SMILES string of the molecule is CNc1nccc(-c2cccc3c2CC(=O)C3)n1. The van der Waals surface area contributed by atoms with Gasteiger partial charge in [-0.3, -0.25) is 4.79 Å². The van der Waals surface area contributed by atoms with Gasteiger partial charge in [-0.2, -0.15) is 0 Å². The highest BCUT2D eigenvalue weighted by Crippen LogP contribution is 2.30. The van der Waals surface area contributed by atoms with Crippen LogP contribution in [-0.4, -0.2) is 22.8 Å². The minimum Gasteiger partial charge on any atom is -0.357 e. The summed E-state index contributed by atoms with van der Waals surface area (Å²) in [5, 5.41) is 2.92.